The molecule has 1 aliphatic rings. The highest BCUT2D eigenvalue weighted by molar-refractivity contribution is 5.85. The van der Waals surface area contributed by atoms with Gasteiger partial charge in [-0.2, -0.15) is 0 Å². The molecular formula is C31H34N2O5. The third-order valence-electron chi connectivity index (χ3n) is 6.97. The first-order valence-electron chi connectivity index (χ1n) is 12.8. The van der Waals surface area contributed by atoms with Crippen molar-refractivity contribution in [3.05, 3.63) is 89.5 Å². The molecule has 0 fully saturated rings. The summed E-state index contributed by atoms with van der Waals surface area (Å²) in [7, 11) is 1.73. The summed E-state index contributed by atoms with van der Waals surface area (Å²) in [6.07, 6.45) is 0.269. The number of fused-ring (bicyclic) bond motifs is 3. The van der Waals surface area contributed by atoms with Crippen LogP contribution in [0.15, 0.2) is 72.8 Å². The van der Waals surface area contributed by atoms with Crippen molar-refractivity contribution in [3.63, 3.8) is 0 Å². The molecule has 7 nitrogen and oxygen atoms in total. The maximum absolute atomic E-state index is 12.5. The van der Waals surface area contributed by atoms with Gasteiger partial charge in [0.2, 0.25) is 5.91 Å². The van der Waals surface area contributed by atoms with Gasteiger partial charge in [-0.25, -0.2) is 4.79 Å². The van der Waals surface area contributed by atoms with Gasteiger partial charge in [-0.05, 0) is 51.8 Å². The zero-order valence-corrected chi connectivity index (χ0v) is 22.1. The minimum atomic E-state index is -0.905. The van der Waals surface area contributed by atoms with Gasteiger partial charge < -0.3 is 14.7 Å². The quantitative estimate of drug-likeness (QED) is 0.349. The van der Waals surface area contributed by atoms with E-state index in [4.69, 9.17) is 9.84 Å². The van der Waals surface area contributed by atoms with Crippen LogP contribution in [0.25, 0.3) is 11.1 Å². The van der Waals surface area contributed by atoms with E-state index in [1.807, 2.05) is 48.5 Å². The SMILES string of the molecule is CN(CCc1ccc(NC(=O)OCC2c3ccccc3-c3ccccc32)cc1)C(=O)CC(C)(C)CC(=O)O. The van der Waals surface area contributed by atoms with Gasteiger partial charge in [0.15, 0.2) is 0 Å². The first kappa shape index (κ1) is 26.9. The Morgan fingerprint density at radius 1 is 0.895 bits per heavy atom. The van der Waals surface area contributed by atoms with E-state index in [0.717, 1.165) is 5.56 Å². The molecular weight excluding hydrogens is 480 g/mol. The van der Waals surface area contributed by atoms with Crippen molar-refractivity contribution < 1.29 is 24.2 Å². The van der Waals surface area contributed by atoms with Crippen LogP contribution in [0, 0.1) is 5.41 Å². The fourth-order valence-corrected chi connectivity index (χ4v) is 4.94. The second kappa shape index (κ2) is 11.5. The molecule has 0 spiro atoms. The number of amides is 2. The van der Waals surface area contributed by atoms with Crippen LogP contribution in [-0.2, 0) is 20.7 Å². The molecule has 3 aromatic carbocycles. The van der Waals surface area contributed by atoms with Crippen LogP contribution in [-0.4, -0.2) is 48.2 Å². The number of carbonyl (C=O) groups is 3. The molecule has 0 unspecified atom stereocenters. The van der Waals surface area contributed by atoms with E-state index in [1.54, 1.807) is 25.8 Å². The summed E-state index contributed by atoms with van der Waals surface area (Å²) in [5.74, 6) is -0.980. The van der Waals surface area contributed by atoms with Gasteiger partial charge >= 0.3 is 12.1 Å². The number of likely N-dealkylation sites (N-methyl/N-ethyl adjacent to an activating group) is 1. The summed E-state index contributed by atoms with van der Waals surface area (Å²) in [6, 6.07) is 23.9. The number of hydrogen-bond acceptors (Lipinski definition) is 4. The molecule has 2 N–H and O–H groups in total. The van der Waals surface area contributed by atoms with Crippen molar-refractivity contribution >= 4 is 23.7 Å². The fraction of sp³-hybridized carbons (Fsp3) is 0.323. The Labute approximate surface area is 223 Å². The number of anilines is 1. The molecule has 0 saturated heterocycles. The second-order valence-electron chi connectivity index (χ2n) is 10.6. The summed E-state index contributed by atoms with van der Waals surface area (Å²) < 4.78 is 5.61. The lowest BCUT2D eigenvalue weighted by atomic mass is 9.85. The third-order valence-corrected chi connectivity index (χ3v) is 6.97. The van der Waals surface area contributed by atoms with Gasteiger partial charge in [0.25, 0.3) is 0 Å². The zero-order valence-electron chi connectivity index (χ0n) is 22.1. The number of benzene rings is 3. The summed E-state index contributed by atoms with van der Waals surface area (Å²) in [6.45, 7) is 4.34. The highest BCUT2D eigenvalue weighted by Crippen LogP contribution is 2.44. The molecule has 0 atom stereocenters. The maximum atomic E-state index is 12.5. The first-order chi connectivity index (χ1) is 18.1. The number of carboxylic acids is 1. The minimum absolute atomic E-state index is 0.00456. The first-order valence-corrected chi connectivity index (χ1v) is 12.8. The predicted molar refractivity (Wildman–Crippen MR) is 147 cm³/mol. The van der Waals surface area contributed by atoms with Crippen LogP contribution in [0.5, 0.6) is 0 Å². The number of hydrogen-bond donors (Lipinski definition) is 2. The molecule has 3 aromatic rings. The van der Waals surface area contributed by atoms with Crippen molar-refractivity contribution in [1.82, 2.24) is 4.90 Å². The minimum Gasteiger partial charge on any atom is -0.481 e. The molecule has 2 amide bonds. The highest BCUT2D eigenvalue weighted by Gasteiger charge is 2.29. The molecule has 4 rings (SSSR count). The zero-order chi connectivity index (χ0) is 27.3. The number of nitrogens with zero attached hydrogens (tertiary/aromatic N) is 1. The smallest absolute Gasteiger partial charge is 0.411 e. The predicted octanol–water partition coefficient (Wildman–Crippen LogP) is 5.94. The van der Waals surface area contributed by atoms with Crippen molar-refractivity contribution in [1.29, 1.82) is 0 Å². The number of carbonyl (C=O) groups excluding carboxylic acids is 2. The van der Waals surface area contributed by atoms with E-state index >= 15 is 0 Å². The Bertz CT molecular complexity index is 1270. The summed E-state index contributed by atoms with van der Waals surface area (Å²) in [5, 5.41) is 11.8. The molecule has 7 heteroatoms. The molecule has 198 valence electrons. The molecule has 0 aromatic heterocycles. The molecule has 0 heterocycles. The Hall–Kier alpha value is -4.13. The van der Waals surface area contributed by atoms with Crippen LogP contribution in [0.4, 0.5) is 10.5 Å². The third kappa shape index (κ3) is 6.59. The second-order valence-corrected chi connectivity index (χ2v) is 10.6. The number of ether oxygens (including phenoxy) is 1. The number of carboxylic acid groups (broad SMARTS) is 1. The molecule has 0 aliphatic heterocycles. The summed E-state index contributed by atoms with van der Waals surface area (Å²) >= 11 is 0. The number of rotatable bonds is 10. The Morgan fingerprint density at radius 2 is 1.47 bits per heavy atom. The summed E-state index contributed by atoms with van der Waals surface area (Å²) in [5.41, 5.74) is 5.76. The topological polar surface area (TPSA) is 95.9 Å². The molecule has 38 heavy (non-hydrogen) atoms. The van der Waals surface area contributed by atoms with Gasteiger partial charge in [-0.15, -0.1) is 0 Å². The van der Waals surface area contributed by atoms with Crippen LogP contribution < -0.4 is 5.32 Å². The molecule has 0 bridgehead atoms. The summed E-state index contributed by atoms with van der Waals surface area (Å²) in [4.78, 5) is 37.7. The largest absolute Gasteiger partial charge is 0.481 e. The Kier molecular flexibility index (Phi) is 8.15. The van der Waals surface area contributed by atoms with Crippen LogP contribution in [0.3, 0.4) is 0 Å². The highest BCUT2D eigenvalue weighted by atomic mass is 16.5. The number of aliphatic carboxylic acids is 1. The Morgan fingerprint density at radius 3 is 2.05 bits per heavy atom. The fourth-order valence-electron chi connectivity index (χ4n) is 4.94. The lowest BCUT2D eigenvalue weighted by Crippen LogP contribution is -2.33. The molecule has 0 radical (unpaired) electrons. The standard InChI is InChI=1S/C31H34N2O5/c1-31(2,19-29(35)36)18-28(34)33(3)17-16-21-12-14-22(15-13-21)32-30(37)38-20-27-25-10-6-4-8-23(25)24-9-5-7-11-26(24)27/h4-15,27H,16-20H2,1-3H3,(H,32,37)(H,35,36). The van der Waals surface area contributed by atoms with E-state index in [9.17, 15) is 14.4 Å². The van der Waals surface area contributed by atoms with Crippen molar-refractivity contribution in [2.24, 2.45) is 5.41 Å². The van der Waals surface area contributed by atoms with E-state index in [1.165, 1.54) is 22.3 Å². The maximum Gasteiger partial charge on any atom is 0.411 e. The van der Waals surface area contributed by atoms with Crippen molar-refractivity contribution in [2.75, 3.05) is 25.5 Å². The van der Waals surface area contributed by atoms with Gasteiger partial charge in [0.1, 0.15) is 6.61 Å². The van der Waals surface area contributed by atoms with E-state index in [0.29, 0.717) is 18.7 Å². The average Bonchev–Trinajstić information content (AvgIpc) is 3.19. The lowest BCUT2D eigenvalue weighted by Gasteiger charge is -2.25. The number of nitrogens with one attached hydrogen (secondary N) is 1. The van der Waals surface area contributed by atoms with Gasteiger partial charge in [0.05, 0.1) is 6.42 Å². The van der Waals surface area contributed by atoms with Crippen LogP contribution >= 0.6 is 0 Å². The van der Waals surface area contributed by atoms with E-state index in [-0.39, 0.29) is 31.3 Å². The van der Waals surface area contributed by atoms with Gasteiger partial charge in [-0.3, -0.25) is 14.9 Å². The van der Waals surface area contributed by atoms with Crippen LogP contribution in [0.2, 0.25) is 0 Å². The van der Waals surface area contributed by atoms with Crippen molar-refractivity contribution in [3.8, 4) is 11.1 Å². The van der Waals surface area contributed by atoms with Gasteiger partial charge in [0, 0.05) is 31.6 Å². The van der Waals surface area contributed by atoms with E-state index < -0.39 is 17.5 Å². The van der Waals surface area contributed by atoms with E-state index in [2.05, 4.69) is 29.6 Å². The van der Waals surface area contributed by atoms with Crippen molar-refractivity contribution in [2.45, 2.75) is 39.0 Å². The lowest BCUT2D eigenvalue weighted by molar-refractivity contribution is -0.140. The molecule has 0 saturated carbocycles. The monoisotopic (exact) mass is 514 g/mol. The van der Waals surface area contributed by atoms with Gasteiger partial charge in [-0.1, -0.05) is 74.5 Å². The average molecular weight is 515 g/mol. The van der Waals surface area contributed by atoms with Crippen LogP contribution in [0.1, 0.15) is 49.3 Å². The molecule has 1 aliphatic carbocycles. The normalized spacial score (nSPS) is 12.4. The Balaban J connectivity index is 1.26.